The molecule has 1 rings (SSSR count). The van der Waals surface area contributed by atoms with Crippen molar-refractivity contribution < 1.29 is 4.84 Å². The van der Waals surface area contributed by atoms with Gasteiger partial charge in [-0.2, -0.15) is 0 Å². The van der Waals surface area contributed by atoms with Gasteiger partial charge in [0.05, 0.1) is 5.71 Å². The molecule has 0 bridgehead atoms. The number of rotatable bonds is 6. The van der Waals surface area contributed by atoms with Crippen molar-refractivity contribution in [2.45, 2.75) is 33.1 Å². The second-order valence-electron chi connectivity index (χ2n) is 3.49. The van der Waals surface area contributed by atoms with E-state index >= 15 is 0 Å². The number of hydrogen-bond acceptors (Lipinski definition) is 2. The Hall–Kier alpha value is -1.31. The van der Waals surface area contributed by atoms with Gasteiger partial charge >= 0.3 is 0 Å². The molecule has 1 aromatic rings. The molecule has 15 heavy (non-hydrogen) atoms. The van der Waals surface area contributed by atoms with Crippen molar-refractivity contribution >= 4 is 5.71 Å². The van der Waals surface area contributed by atoms with Crippen LogP contribution < -0.4 is 0 Å². The van der Waals surface area contributed by atoms with Crippen LogP contribution in [0.15, 0.2) is 35.5 Å². The van der Waals surface area contributed by atoms with E-state index in [-0.39, 0.29) is 0 Å². The van der Waals surface area contributed by atoms with Gasteiger partial charge in [-0.25, -0.2) is 0 Å². The Kier molecular flexibility index (Phi) is 5.52. The van der Waals surface area contributed by atoms with Gasteiger partial charge in [-0.15, -0.1) is 0 Å². The summed E-state index contributed by atoms with van der Waals surface area (Å²) in [7, 11) is 0. The molecule has 2 heteroatoms. The lowest BCUT2D eigenvalue weighted by atomic mass is 10.1. The van der Waals surface area contributed by atoms with Crippen LogP contribution in [-0.2, 0) is 4.84 Å². The molecule has 0 aliphatic heterocycles. The highest BCUT2D eigenvalue weighted by Gasteiger charge is 2.01. The molecule has 0 saturated carbocycles. The molecule has 0 amide bonds. The third kappa shape index (κ3) is 4.15. The third-order valence-corrected chi connectivity index (χ3v) is 2.06. The van der Waals surface area contributed by atoms with E-state index in [1.54, 1.807) is 0 Å². The average Bonchev–Trinajstić information content (AvgIpc) is 2.29. The Bertz CT molecular complexity index is 293. The zero-order valence-corrected chi connectivity index (χ0v) is 9.57. The Morgan fingerprint density at radius 2 is 1.87 bits per heavy atom. The molecule has 0 N–H and O–H groups in total. The van der Waals surface area contributed by atoms with Gasteiger partial charge in [0.2, 0.25) is 0 Å². The van der Waals surface area contributed by atoms with Crippen molar-refractivity contribution in [3.63, 3.8) is 0 Å². The molecule has 0 fully saturated rings. The van der Waals surface area contributed by atoms with E-state index in [4.69, 9.17) is 4.84 Å². The van der Waals surface area contributed by atoms with E-state index < -0.39 is 0 Å². The third-order valence-electron chi connectivity index (χ3n) is 2.06. The van der Waals surface area contributed by atoms with Crippen molar-refractivity contribution in [3.05, 3.63) is 35.9 Å². The quantitative estimate of drug-likeness (QED) is 0.395. The maximum atomic E-state index is 5.24. The summed E-state index contributed by atoms with van der Waals surface area (Å²) in [4.78, 5) is 5.24. The molecule has 82 valence electrons. The van der Waals surface area contributed by atoms with Crippen LogP contribution in [0, 0.1) is 0 Å². The molecule has 0 aromatic heterocycles. The minimum atomic E-state index is 0.694. The largest absolute Gasteiger partial charge is 0.396 e. The van der Waals surface area contributed by atoms with E-state index in [1.165, 1.54) is 0 Å². The normalized spacial score (nSPS) is 11.5. The summed E-state index contributed by atoms with van der Waals surface area (Å²) in [6, 6.07) is 10.2. The van der Waals surface area contributed by atoms with E-state index in [1.807, 2.05) is 18.2 Å². The van der Waals surface area contributed by atoms with Gasteiger partial charge in [0, 0.05) is 0 Å². The standard InChI is InChI=1S/C13H19NO/c1-3-8-13(14-15-11-4-2)12-9-6-5-7-10-12/h5-7,9-10H,3-4,8,11H2,1-2H3/b14-13+. The van der Waals surface area contributed by atoms with Crippen molar-refractivity contribution in [1.82, 2.24) is 0 Å². The summed E-state index contributed by atoms with van der Waals surface area (Å²) < 4.78 is 0. The minimum absolute atomic E-state index is 0.694. The Morgan fingerprint density at radius 1 is 1.13 bits per heavy atom. The van der Waals surface area contributed by atoms with E-state index in [9.17, 15) is 0 Å². The Morgan fingerprint density at radius 3 is 2.47 bits per heavy atom. The maximum Gasteiger partial charge on any atom is 0.116 e. The summed E-state index contributed by atoms with van der Waals surface area (Å²) in [5, 5.41) is 4.19. The predicted octanol–water partition coefficient (Wildman–Crippen LogP) is 3.62. The van der Waals surface area contributed by atoms with Gasteiger partial charge in [-0.1, -0.05) is 55.8 Å². The van der Waals surface area contributed by atoms with Gasteiger partial charge in [0.25, 0.3) is 0 Å². The zero-order valence-electron chi connectivity index (χ0n) is 9.57. The van der Waals surface area contributed by atoms with Crippen LogP contribution in [0.25, 0.3) is 0 Å². The van der Waals surface area contributed by atoms with Gasteiger partial charge < -0.3 is 4.84 Å². The first kappa shape index (κ1) is 11.8. The smallest absolute Gasteiger partial charge is 0.116 e. The number of hydrogen-bond donors (Lipinski definition) is 0. The summed E-state index contributed by atoms with van der Waals surface area (Å²) in [5.74, 6) is 0. The maximum absolute atomic E-state index is 5.24. The Labute approximate surface area is 91.9 Å². The summed E-state index contributed by atoms with van der Waals surface area (Å²) in [6.45, 7) is 4.93. The summed E-state index contributed by atoms with van der Waals surface area (Å²) in [5.41, 5.74) is 2.21. The molecule has 0 unspecified atom stereocenters. The fraction of sp³-hybridized carbons (Fsp3) is 0.462. The van der Waals surface area contributed by atoms with E-state index in [0.29, 0.717) is 6.61 Å². The molecular weight excluding hydrogens is 186 g/mol. The summed E-state index contributed by atoms with van der Waals surface area (Å²) >= 11 is 0. The zero-order chi connectivity index (χ0) is 10.9. The average molecular weight is 205 g/mol. The van der Waals surface area contributed by atoms with Gasteiger partial charge in [-0.3, -0.25) is 0 Å². The minimum Gasteiger partial charge on any atom is -0.396 e. The lowest BCUT2D eigenvalue weighted by Gasteiger charge is -2.04. The van der Waals surface area contributed by atoms with E-state index in [0.717, 1.165) is 30.5 Å². The highest BCUT2D eigenvalue weighted by molar-refractivity contribution is 6.00. The Balaban J connectivity index is 2.69. The van der Waals surface area contributed by atoms with Crippen LogP contribution in [0.2, 0.25) is 0 Å². The van der Waals surface area contributed by atoms with Crippen molar-refractivity contribution in [3.8, 4) is 0 Å². The topological polar surface area (TPSA) is 21.6 Å². The molecule has 0 radical (unpaired) electrons. The first-order valence-corrected chi connectivity index (χ1v) is 5.62. The molecule has 0 saturated heterocycles. The lowest BCUT2D eigenvalue weighted by Crippen LogP contribution is -2.01. The van der Waals surface area contributed by atoms with E-state index in [2.05, 4.69) is 31.1 Å². The number of benzene rings is 1. The van der Waals surface area contributed by atoms with Gasteiger partial charge in [-0.05, 0) is 18.4 Å². The predicted molar refractivity (Wildman–Crippen MR) is 64.1 cm³/mol. The first-order valence-electron chi connectivity index (χ1n) is 5.62. The number of nitrogens with zero attached hydrogens (tertiary/aromatic N) is 1. The fourth-order valence-electron chi connectivity index (χ4n) is 1.32. The number of oxime groups is 1. The molecular formula is C13H19NO. The van der Waals surface area contributed by atoms with Crippen LogP contribution in [-0.4, -0.2) is 12.3 Å². The molecule has 0 heterocycles. The molecule has 0 atom stereocenters. The van der Waals surface area contributed by atoms with Gasteiger partial charge in [0.1, 0.15) is 6.61 Å². The van der Waals surface area contributed by atoms with Crippen LogP contribution in [0.4, 0.5) is 0 Å². The van der Waals surface area contributed by atoms with Crippen molar-refractivity contribution in [2.75, 3.05) is 6.61 Å². The highest BCUT2D eigenvalue weighted by atomic mass is 16.6. The van der Waals surface area contributed by atoms with Crippen LogP contribution in [0.5, 0.6) is 0 Å². The molecule has 0 aliphatic carbocycles. The van der Waals surface area contributed by atoms with Crippen molar-refractivity contribution in [1.29, 1.82) is 0 Å². The fourth-order valence-corrected chi connectivity index (χ4v) is 1.32. The van der Waals surface area contributed by atoms with Crippen LogP contribution in [0.3, 0.4) is 0 Å². The van der Waals surface area contributed by atoms with Crippen molar-refractivity contribution in [2.24, 2.45) is 5.16 Å². The molecule has 0 aliphatic rings. The molecule has 2 nitrogen and oxygen atoms in total. The molecule has 1 aromatic carbocycles. The first-order chi connectivity index (χ1) is 7.38. The van der Waals surface area contributed by atoms with Crippen LogP contribution >= 0.6 is 0 Å². The second kappa shape index (κ2) is 7.04. The summed E-state index contributed by atoms with van der Waals surface area (Å²) in [6.07, 6.45) is 3.05. The van der Waals surface area contributed by atoms with Crippen LogP contribution in [0.1, 0.15) is 38.7 Å². The highest BCUT2D eigenvalue weighted by Crippen LogP contribution is 2.07. The molecule has 0 spiro atoms. The van der Waals surface area contributed by atoms with Gasteiger partial charge in [0.15, 0.2) is 0 Å². The SMILES string of the molecule is CCCO/N=C(\CCC)c1ccccc1. The second-order valence-corrected chi connectivity index (χ2v) is 3.49. The monoisotopic (exact) mass is 205 g/mol. The lowest BCUT2D eigenvalue weighted by molar-refractivity contribution is 0.144.